The summed E-state index contributed by atoms with van der Waals surface area (Å²) in [6, 6.07) is 0. The summed E-state index contributed by atoms with van der Waals surface area (Å²) < 4.78 is 5.36. The maximum absolute atomic E-state index is 5.36. The van der Waals surface area contributed by atoms with E-state index < -0.39 is 0 Å². The Hall–Kier alpha value is -1.18. The first-order valence-corrected chi connectivity index (χ1v) is 12.1. The van der Waals surface area contributed by atoms with E-state index in [2.05, 4.69) is 37.8 Å². The standard InChI is InChI=1S/C22H39N5OS/c1-18-26-20(16-29-18)15-27-11-6-19(7-12-27)14-24-21(23-2)25-17-22(10-13-28-3)8-4-5-9-22/h16,19H,4-15,17H2,1-3H3,(H2,23,24,25). The highest BCUT2D eigenvalue weighted by molar-refractivity contribution is 7.09. The largest absolute Gasteiger partial charge is 0.385 e. The Morgan fingerprint density at radius 2 is 2.07 bits per heavy atom. The average Bonchev–Trinajstić information content (AvgIpc) is 3.37. The molecule has 1 aliphatic heterocycles. The zero-order valence-corrected chi connectivity index (χ0v) is 19.3. The zero-order valence-electron chi connectivity index (χ0n) is 18.5. The average molecular weight is 422 g/mol. The van der Waals surface area contributed by atoms with Crippen molar-refractivity contribution >= 4 is 17.3 Å². The van der Waals surface area contributed by atoms with E-state index in [-0.39, 0.29) is 0 Å². The van der Waals surface area contributed by atoms with Gasteiger partial charge in [0.2, 0.25) is 0 Å². The fraction of sp³-hybridized carbons (Fsp3) is 0.818. The SMILES string of the molecule is CN=C(NCC1CCN(Cc2csc(C)n2)CC1)NCC1(CCOC)CCCC1. The summed E-state index contributed by atoms with van der Waals surface area (Å²) >= 11 is 1.75. The second-order valence-electron chi connectivity index (χ2n) is 8.83. The van der Waals surface area contributed by atoms with Crippen LogP contribution in [0.2, 0.25) is 0 Å². The second-order valence-corrected chi connectivity index (χ2v) is 9.90. The van der Waals surface area contributed by atoms with Crippen LogP contribution in [-0.4, -0.2) is 62.8 Å². The predicted octanol–water partition coefficient (Wildman–Crippen LogP) is 3.43. The van der Waals surface area contributed by atoms with Gasteiger partial charge in [0, 0.05) is 45.8 Å². The van der Waals surface area contributed by atoms with Crippen LogP contribution in [0.1, 0.15) is 55.6 Å². The summed E-state index contributed by atoms with van der Waals surface area (Å²) in [6.07, 6.45) is 8.92. The van der Waals surface area contributed by atoms with Crippen LogP contribution in [0, 0.1) is 18.3 Å². The molecular formula is C22H39N5OS. The molecular weight excluding hydrogens is 382 g/mol. The van der Waals surface area contributed by atoms with Crippen LogP contribution in [0.5, 0.6) is 0 Å². The molecule has 2 N–H and O–H groups in total. The van der Waals surface area contributed by atoms with Gasteiger partial charge in [0.1, 0.15) is 0 Å². The van der Waals surface area contributed by atoms with Crippen LogP contribution in [0.4, 0.5) is 0 Å². The fourth-order valence-electron chi connectivity index (χ4n) is 4.75. The van der Waals surface area contributed by atoms with Gasteiger partial charge < -0.3 is 15.4 Å². The molecule has 0 unspecified atom stereocenters. The van der Waals surface area contributed by atoms with Crippen molar-refractivity contribution in [1.29, 1.82) is 0 Å². The van der Waals surface area contributed by atoms with E-state index in [1.54, 1.807) is 18.4 Å². The molecule has 164 valence electrons. The van der Waals surface area contributed by atoms with Gasteiger partial charge in [-0.2, -0.15) is 0 Å². The highest BCUT2D eigenvalue weighted by Crippen LogP contribution is 2.40. The Morgan fingerprint density at radius 1 is 1.31 bits per heavy atom. The number of thiazole rings is 1. The number of aromatic nitrogens is 1. The Bertz CT molecular complexity index is 633. The molecule has 1 saturated carbocycles. The third-order valence-electron chi connectivity index (χ3n) is 6.67. The van der Waals surface area contributed by atoms with E-state index in [4.69, 9.17) is 4.74 Å². The monoisotopic (exact) mass is 421 g/mol. The summed E-state index contributed by atoms with van der Waals surface area (Å²) in [5, 5.41) is 10.6. The number of aryl methyl sites for hydroxylation is 1. The number of ether oxygens (including phenoxy) is 1. The summed E-state index contributed by atoms with van der Waals surface area (Å²) in [6.45, 7) is 8.27. The lowest BCUT2D eigenvalue weighted by molar-refractivity contribution is 0.138. The third kappa shape index (κ3) is 6.93. The van der Waals surface area contributed by atoms with Crippen molar-refractivity contribution in [2.45, 2.75) is 58.4 Å². The van der Waals surface area contributed by atoms with Crippen molar-refractivity contribution in [3.63, 3.8) is 0 Å². The topological polar surface area (TPSA) is 61.8 Å². The van der Waals surface area contributed by atoms with Crippen molar-refractivity contribution < 1.29 is 4.74 Å². The fourth-order valence-corrected chi connectivity index (χ4v) is 5.35. The number of aliphatic imine (C=N–C) groups is 1. The lowest BCUT2D eigenvalue weighted by Gasteiger charge is -2.32. The normalized spacial score (nSPS) is 20.9. The number of hydrogen-bond acceptors (Lipinski definition) is 5. The first-order valence-electron chi connectivity index (χ1n) is 11.2. The molecule has 0 atom stereocenters. The predicted molar refractivity (Wildman–Crippen MR) is 122 cm³/mol. The molecule has 2 aliphatic rings. The van der Waals surface area contributed by atoms with Gasteiger partial charge >= 0.3 is 0 Å². The summed E-state index contributed by atoms with van der Waals surface area (Å²) in [5.41, 5.74) is 1.61. The van der Waals surface area contributed by atoms with Crippen LogP contribution in [-0.2, 0) is 11.3 Å². The Kier molecular flexibility index (Phi) is 8.75. The number of piperidine rings is 1. The number of nitrogens with one attached hydrogen (secondary N) is 2. The molecule has 2 heterocycles. The molecule has 1 aromatic rings. The number of hydrogen-bond donors (Lipinski definition) is 2. The Balaban J connectivity index is 1.36. The third-order valence-corrected chi connectivity index (χ3v) is 7.50. The molecule has 2 fully saturated rings. The summed E-state index contributed by atoms with van der Waals surface area (Å²) in [7, 11) is 3.68. The molecule has 1 aliphatic carbocycles. The minimum atomic E-state index is 0.382. The molecule has 3 rings (SSSR count). The van der Waals surface area contributed by atoms with Gasteiger partial charge in [0.05, 0.1) is 10.7 Å². The van der Waals surface area contributed by atoms with Crippen LogP contribution >= 0.6 is 11.3 Å². The molecule has 0 amide bonds. The van der Waals surface area contributed by atoms with Crippen LogP contribution in [0.15, 0.2) is 10.4 Å². The maximum Gasteiger partial charge on any atom is 0.191 e. The molecule has 7 heteroatoms. The van der Waals surface area contributed by atoms with Gasteiger partial charge in [-0.15, -0.1) is 11.3 Å². The van der Waals surface area contributed by atoms with Gasteiger partial charge in [0.25, 0.3) is 0 Å². The lowest BCUT2D eigenvalue weighted by atomic mass is 9.83. The van der Waals surface area contributed by atoms with Crippen molar-refractivity contribution in [2.75, 3.05) is 46.9 Å². The van der Waals surface area contributed by atoms with Crippen LogP contribution in [0.3, 0.4) is 0 Å². The number of likely N-dealkylation sites (tertiary alicyclic amines) is 1. The molecule has 0 bridgehead atoms. The van der Waals surface area contributed by atoms with Crippen molar-refractivity contribution in [3.05, 3.63) is 16.1 Å². The van der Waals surface area contributed by atoms with E-state index in [0.29, 0.717) is 5.41 Å². The van der Waals surface area contributed by atoms with Crippen LogP contribution in [0.25, 0.3) is 0 Å². The molecule has 1 aromatic heterocycles. The van der Waals surface area contributed by atoms with E-state index in [1.165, 1.54) is 49.2 Å². The van der Waals surface area contributed by atoms with E-state index >= 15 is 0 Å². The second kappa shape index (κ2) is 11.3. The number of nitrogens with zero attached hydrogens (tertiary/aromatic N) is 3. The van der Waals surface area contributed by atoms with Gasteiger partial charge in [-0.05, 0) is 63.5 Å². The summed E-state index contributed by atoms with van der Waals surface area (Å²) in [5.74, 6) is 1.67. The number of guanidine groups is 1. The maximum atomic E-state index is 5.36. The number of rotatable bonds is 9. The van der Waals surface area contributed by atoms with Gasteiger partial charge in [-0.1, -0.05) is 12.8 Å². The molecule has 0 spiro atoms. The quantitative estimate of drug-likeness (QED) is 0.472. The minimum absolute atomic E-state index is 0.382. The smallest absolute Gasteiger partial charge is 0.191 e. The van der Waals surface area contributed by atoms with Gasteiger partial charge in [-0.3, -0.25) is 9.89 Å². The molecule has 1 saturated heterocycles. The van der Waals surface area contributed by atoms with Gasteiger partial charge in [0.15, 0.2) is 5.96 Å². The van der Waals surface area contributed by atoms with Gasteiger partial charge in [-0.25, -0.2) is 4.98 Å². The molecule has 0 aromatic carbocycles. The highest BCUT2D eigenvalue weighted by Gasteiger charge is 2.33. The zero-order chi connectivity index (χ0) is 20.5. The highest BCUT2D eigenvalue weighted by atomic mass is 32.1. The Morgan fingerprint density at radius 3 is 2.69 bits per heavy atom. The van der Waals surface area contributed by atoms with Crippen molar-refractivity contribution in [1.82, 2.24) is 20.5 Å². The first-order chi connectivity index (χ1) is 14.1. The van der Waals surface area contributed by atoms with Crippen LogP contribution < -0.4 is 10.6 Å². The summed E-state index contributed by atoms with van der Waals surface area (Å²) in [4.78, 5) is 11.6. The van der Waals surface area contributed by atoms with E-state index in [0.717, 1.165) is 57.6 Å². The Labute approximate surface area is 180 Å². The van der Waals surface area contributed by atoms with Crippen molar-refractivity contribution in [2.24, 2.45) is 16.3 Å². The van der Waals surface area contributed by atoms with E-state index in [1.807, 2.05) is 7.05 Å². The molecule has 6 nitrogen and oxygen atoms in total. The number of methoxy groups -OCH3 is 1. The minimum Gasteiger partial charge on any atom is -0.385 e. The first kappa shape index (κ1) is 22.5. The molecule has 29 heavy (non-hydrogen) atoms. The van der Waals surface area contributed by atoms with E-state index in [9.17, 15) is 0 Å². The lowest BCUT2D eigenvalue weighted by Crippen LogP contribution is -2.46. The van der Waals surface area contributed by atoms with Crippen molar-refractivity contribution in [3.8, 4) is 0 Å². The molecule has 0 radical (unpaired) electrons.